The van der Waals surface area contributed by atoms with Crippen LogP contribution in [0.4, 0.5) is 4.39 Å². The first kappa shape index (κ1) is 13.1. The second kappa shape index (κ2) is 5.52. The van der Waals surface area contributed by atoms with E-state index in [1.807, 2.05) is 6.92 Å². The Morgan fingerprint density at radius 3 is 2.68 bits per heavy atom. The van der Waals surface area contributed by atoms with Gasteiger partial charge in [-0.25, -0.2) is 9.18 Å². The van der Waals surface area contributed by atoms with Crippen LogP contribution in [-0.4, -0.2) is 17.7 Å². The van der Waals surface area contributed by atoms with Crippen LogP contribution < -0.4 is 4.74 Å². The third-order valence-electron chi connectivity index (χ3n) is 2.66. The van der Waals surface area contributed by atoms with Gasteiger partial charge in [-0.15, -0.1) is 0 Å². The highest BCUT2D eigenvalue weighted by Crippen LogP contribution is 2.31. The monoisotopic (exact) mass is 260 g/mol. The minimum absolute atomic E-state index is 0.142. The van der Waals surface area contributed by atoms with E-state index in [2.05, 4.69) is 0 Å². The van der Waals surface area contributed by atoms with Crippen molar-refractivity contribution in [3.63, 3.8) is 0 Å². The number of benzene rings is 2. The highest BCUT2D eigenvalue weighted by atomic mass is 19.1. The number of ether oxygens (including phenoxy) is 1. The van der Waals surface area contributed by atoms with E-state index in [1.54, 1.807) is 18.2 Å². The molecule has 0 spiro atoms. The first-order chi connectivity index (χ1) is 9.11. The highest BCUT2D eigenvalue weighted by molar-refractivity contribution is 5.89. The normalized spacial score (nSPS) is 10.2. The lowest BCUT2D eigenvalue weighted by molar-refractivity contribution is 0.0696. The van der Waals surface area contributed by atoms with Crippen molar-refractivity contribution in [2.75, 3.05) is 6.61 Å². The number of carbonyl (C=O) groups is 1. The zero-order valence-electron chi connectivity index (χ0n) is 10.4. The molecule has 0 saturated carbocycles. The summed E-state index contributed by atoms with van der Waals surface area (Å²) in [6.45, 7) is 2.22. The van der Waals surface area contributed by atoms with Crippen molar-refractivity contribution in [1.82, 2.24) is 0 Å². The Morgan fingerprint density at radius 1 is 1.26 bits per heavy atom. The molecule has 0 heterocycles. The summed E-state index contributed by atoms with van der Waals surface area (Å²) < 4.78 is 18.7. The van der Waals surface area contributed by atoms with Gasteiger partial charge in [-0.2, -0.15) is 0 Å². The molecule has 2 aromatic rings. The van der Waals surface area contributed by atoms with E-state index in [-0.39, 0.29) is 11.4 Å². The molecule has 0 radical (unpaired) electrons. The molecule has 0 aromatic heterocycles. The van der Waals surface area contributed by atoms with Crippen molar-refractivity contribution in [1.29, 1.82) is 0 Å². The fourth-order valence-electron chi connectivity index (χ4n) is 1.82. The third kappa shape index (κ3) is 2.91. The number of hydrogen-bond acceptors (Lipinski definition) is 2. The molecule has 2 aromatic carbocycles. The second-order valence-corrected chi connectivity index (χ2v) is 3.96. The van der Waals surface area contributed by atoms with Crippen molar-refractivity contribution in [2.45, 2.75) is 6.92 Å². The Hall–Kier alpha value is -2.36. The van der Waals surface area contributed by atoms with Gasteiger partial charge >= 0.3 is 5.97 Å². The van der Waals surface area contributed by atoms with Crippen LogP contribution in [0, 0.1) is 5.82 Å². The summed E-state index contributed by atoms with van der Waals surface area (Å²) in [4.78, 5) is 10.9. The Kier molecular flexibility index (Phi) is 3.80. The second-order valence-electron chi connectivity index (χ2n) is 3.96. The topological polar surface area (TPSA) is 46.5 Å². The maximum absolute atomic E-state index is 13.2. The average Bonchev–Trinajstić information content (AvgIpc) is 2.39. The van der Waals surface area contributed by atoms with Crippen LogP contribution in [-0.2, 0) is 0 Å². The smallest absolute Gasteiger partial charge is 0.335 e. The molecule has 0 fully saturated rings. The average molecular weight is 260 g/mol. The van der Waals surface area contributed by atoms with Crippen molar-refractivity contribution in [3.8, 4) is 16.9 Å². The van der Waals surface area contributed by atoms with Gasteiger partial charge in [0.05, 0.1) is 12.2 Å². The van der Waals surface area contributed by atoms with Crippen molar-refractivity contribution >= 4 is 5.97 Å². The van der Waals surface area contributed by atoms with E-state index in [1.165, 1.54) is 24.3 Å². The minimum atomic E-state index is -1.02. The summed E-state index contributed by atoms with van der Waals surface area (Å²) in [5.74, 6) is -0.929. The lowest BCUT2D eigenvalue weighted by atomic mass is 10.0. The molecule has 0 bridgehead atoms. The molecule has 0 saturated heterocycles. The molecule has 0 aliphatic carbocycles. The molecule has 98 valence electrons. The standard InChI is InChI=1S/C15H13FO3/c1-2-19-14-9-11(15(17)18)6-7-13(14)10-4-3-5-12(16)8-10/h3-9H,2H2,1H3,(H,17,18). The summed E-state index contributed by atoms with van der Waals surface area (Å²) in [5, 5.41) is 8.97. The van der Waals surface area contributed by atoms with Gasteiger partial charge in [-0.1, -0.05) is 12.1 Å². The summed E-state index contributed by atoms with van der Waals surface area (Å²) in [5.41, 5.74) is 1.47. The number of aromatic carboxylic acids is 1. The molecular weight excluding hydrogens is 247 g/mol. The van der Waals surface area contributed by atoms with Crippen LogP contribution in [0.5, 0.6) is 5.75 Å². The molecule has 0 atom stereocenters. The van der Waals surface area contributed by atoms with Crippen LogP contribution >= 0.6 is 0 Å². The molecule has 4 heteroatoms. The Labute approximate surface area is 110 Å². The lowest BCUT2D eigenvalue weighted by Gasteiger charge is -2.11. The van der Waals surface area contributed by atoms with Gasteiger partial charge in [0.25, 0.3) is 0 Å². The predicted octanol–water partition coefficient (Wildman–Crippen LogP) is 3.59. The van der Waals surface area contributed by atoms with E-state index in [0.717, 1.165) is 0 Å². The lowest BCUT2D eigenvalue weighted by Crippen LogP contribution is -2.00. The van der Waals surface area contributed by atoms with E-state index < -0.39 is 5.97 Å². The van der Waals surface area contributed by atoms with Crippen LogP contribution in [0.1, 0.15) is 17.3 Å². The van der Waals surface area contributed by atoms with Crippen molar-refractivity contribution in [2.24, 2.45) is 0 Å². The molecule has 3 nitrogen and oxygen atoms in total. The molecule has 1 N–H and O–H groups in total. The van der Waals surface area contributed by atoms with Gasteiger partial charge in [-0.3, -0.25) is 0 Å². The third-order valence-corrected chi connectivity index (χ3v) is 2.66. The van der Waals surface area contributed by atoms with Gasteiger partial charge in [0, 0.05) is 5.56 Å². The molecule has 0 aliphatic rings. The summed E-state index contributed by atoms with van der Waals surface area (Å²) in [6, 6.07) is 10.7. The zero-order chi connectivity index (χ0) is 13.8. The van der Waals surface area contributed by atoms with Crippen LogP contribution in [0.2, 0.25) is 0 Å². The Balaban J connectivity index is 2.53. The largest absolute Gasteiger partial charge is 0.493 e. The quantitative estimate of drug-likeness (QED) is 0.913. The van der Waals surface area contributed by atoms with E-state index >= 15 is 0 Å². The zero-order valence-corrected chi connectivity index (χ0v) is 10.4. The van der Waals surface area contributed by atoms with Gasteiger partial charge in [0.15, 0.2) is 0 Å². The Morgan fingerprint density at radius 2 is 2.05 bits per heavy atom. The predicted molar refractivity (Wildman–Crippen MR) is 70.0 cm³/mol. The van der Waals surface area contributed by atoms with E-state index in [9.17, 15) is 9.18 Å². The van der Waals surface area contributed by atoms with Crippen LogP contribution in [0.3, 0.4) is 0 Å². The SMILES string of the molecule is CCOc1cc(C(=O)O)ccc1-c1cccc(F)c1. The van der Waals surface area contributed by atoms with E-state index in [0.29, 0.717) is 23.5 Å². The van der Waals surface area contributed by atoms with E-state index in [4.69, 9.17) is 9.84 Å². The molecule has 0 aliphatic heterocycles. The fourth-order valence-corrected chi connectivity index (χ4v) is 1.82. The first-order valence-corrected chi connectivity index (χ1v) is 5.88. The Bertz CT molecular complexity index is 608. The molecule has 0 unspecified atom stereocenters. The van der Waals surface area contributed by atoms with Crippen LogP contribution in [0.15, 0.2) is 42.5 Å². The molecule has 19 heavy (non-hydrogen) atoms. The molecule has 0 amide bonds. The van der Waals surface area contributed by atoms with Gasteiger partial charge in [0.1, 0.15) is 11.6 Å². The number of carboxylic acids is 1. The number of halogens is 1. The van der Waals surface area contributed by atoms with Crippen molar-refractivity contribution in [3.05, 3.63) is 53.8 Å². The maximum atomic E-state index is 13.2. The first-order valence-electron chi connectivity index (χ1n) is 5.88. The van der Waals surface area contributed by atoms with Gasteiger partial charge < -0.3 is 9.84 Å². The molecular formula is C15H13FO3. The number of carboxylic acid groups (broad SMARTS) is 1. The number of hydrogen-bond donors (Lipinski definition) is 1. The van der Waals surface area contributed by atoms with Gasteiger partial charge in [0.2, 0.25) is 0 Å². The minimum Gasteiger partial charge on any atom is -0.493 e. The maximum Gasteiger partial charge on any atom is 0.335 e. The van der Waals surface area contributed by atoms with Crippen LogP contribution in [0.25, 0.3) is 11.1 Å². The molecule has 2 rings (SSSR count). The fraction of sp³-hybridized carbons (Fsp3) is 0.133. The number of rotatable bonds is 4. The van der Waals surface area contributed by atoms with Crippen molar-refractivity contribution < 1.29 is 19.0 Å². The summed E-state index contributed by atoms with van der Waals surface area (Å²) >= 11 is 0. The highest BCUT2D eigenvalue weighted by Gasteiger charge is 2.11. The van der Waals surface area contributed by atoms with Gasteiger partial charge in [-0.05, 0) is 42.8 Å². The summed E-state index contributed by atoms with van der Waals surface area (Å²) in [6.07, 6.45) is 0. The summed E-state index contributed by atoms with van der Waals surface area (Å²) in [7, 11) is 0.